The standard InChI is InChI=1S/C16H20ClF3N2O6S2/c1-3-30(27,28)11-5-4-10(21-14(23)15(2,24)16(18,19)20)12(17)13(11)22-6-8-29(25,26)9-7-22/h4-5,24H,3,6-9H2,1-2H3,(H,21,23)/t15-/m1/s1. The number of hydrogen-bond donors (Lipinski definition) is 2. The van der Waals surface area contributed by atoms with Crippen molar-refractivity contribution in [1.29, 1.82) is 0 Å². The zero-order chi connectivity index (χ0) is 23.1. The van der Waals surface area contributed by atoms with Gasteiger partial charge < -0.3 is 15.3 Å². The molecule has 2 N–H and O–H groups in total. The first-order valence-corrected chi connectivity index (χ1v) is 12.5. The fraction of sp³-hybridized carbons (Fsp3) is 0.562. The van der Waals surface area contributed by atoms with Crippen LogP contribution in [0.15, 0.2) is 17.0 Å². The van der Waals surface area contributed by atoms with Crippen LogP contribution in [0.25, 0.3) is 0 Å². The van der Waals surface area contributed by atoms with Gasteiger partial charge in [0, 0.05) is 13.1 Å². The molecule has 1 aliphatic heterocycles. The average molecular weight is 493 g/mol. The van der Waals surface area contributed by atoms with Crippen LogP contribution in [0.5, 0.6) is 0 Å². The zero-order valence-electron chi connectivity index (χ0n) is 16.0. The summed E-state index contributed by atoms with van der Waals surface area (Å²) in [5.41, 5.74) is -4.19. The van der Waals surface area contributed by atoms with E-state index in [-0.39, 0.29) is 58.6 Å². The number of amides is 1. The van der Waals surface area contributed by atoms with Crippen LogP contribution in [0.1, 0.15) is 13.8 Å². The lowest BCUT2D eigenvalue weighted by atomic mass is 10.1. The molecule has 0 aliphatic carbocycles. The van der Waals surface area contributed by atoms with Crippen LogP contribution >= 0.6 is 11.6 Å². The van der Waals surface area contributed by atoms with E-state index in [1.54, 1.807) is 0 Å². The molecular formula is C16H20ClF3N2O6S2. The quantitative estimate of drug-likeness (QED) is 0.640. The van der Waals surface area contributed by atoms with E-state index in [4.69, 9.17) is 11.6 Å². The molecule has 1 amide bonds. The second-order valence-corrected chi connectivity index (χ2v) is 11.8. The van der Waals surface area contributed by atoms with Gasteiger partial charge in [0.2, 0.25) is 5.60 Å². The Morgan fingerprint density at radius 2 is 1.80 bits per heavy atom. The molecule has 1 aliphatic rings. The monoisotopic (exact) mass is 492 g/mol. The summed E-state index contributed by atoms with van der Waals surface area (Å²) in [5.74, 6) is -2.66. The molecule has 0 aromatic heterocycles. The second-order valence-electron chi connectivity index (χ2n) is 6.84. The second kappa shape index (κ2) is 8.17. The lowest BCUT2D eigenvalue weighted by Gasteiger charge is -2.32. The Morgan fingerprint density at radius 1 is 1.27 bits per heavy atom. The first-order valence-electron chi connectivity index (χ1n) is 8.64. The SMILES string of the molecule is CCS(=O)(=O)c1ccc(NC(=O)[C@@](C)(O)C(F)(F)F)c(Cl)c1N1CCS(=O)(=O)CC1. The first-order chi connectivity index (χ1) is 13.5. The Hall–Kier alpha value is -1.57. The van der Waals surface area contributed by atoms with Crippen LogP contribution in [-0.2, 0) is 24.5 Å². The Kier molecular flexibility index (Phi) is 6.73. The third-order valence-electron chi connectivity index (χ3n) is 4.70. The van der Waals surface area contributed by atoms with Gasteiger partial charge in [-0.25, -0.2) is 16.8 Å². The van der Waals surface area contributed by atoms with Crippen LogP contribution < -0.4 is 10.2 Å². The number of carbonyl (C=O) groups excluding carboxylic acids is 1. The van der Waals surface area contributed by atoms with Crippen molar-refractivity contribution in [2.45, 2.75) is 30.5 Å². The molecule has 0 bridgehead atoms. The summed E-state index contributed by atoms with van der Waals surface area (Å²) in [4.78, 5) is 13.1. The molecule has 1 fully saturated rings. The molecule has 1 heterocycles. The van der Waals surface area contributed by atoms with Crippen molar-refractivity contribution in [3.63, 3.8) is 0 Å². The molecule has 0 radical (unpaired) electrons. The van der Waals surface area contributed by atoms with E-state index < -0.39 is 37.4 Å². The minimum Gasteiger partial charge on any atom is -0.373 e. The fourth-order valence-electron chi connectivity index (χ4n) is 2.65. The Balaban J connectivity index is 2.55. The van der Waals surface area contributed by atoms with Crippen molar-refractivity contribution in [2.75, 3.05) is 40.6 Å². The van der Waals surface area contributed by atoms with Crippen molar-refractivity contribution in [3.05, 3.63) is 17.2 Å². The smallest absolute Gasteiger partial charge is 0.373 e. The summed E-state index contributed by atoms with van der Waals surface area (Å²) in [6.07, 6.45) is -5.26. The zero-order valence-corrected chi connectivity index (χ0v) is 18.3. The van der Waals surface area contributed by atoms with Gasteiger partial charge in [0.1, 0.15) is 0 Å². The minimum atomic E-state index is -5.26. The lowest BCUT2D eigenvalue weighted by molar-refractivity contribution is -0.242. The maximum absolute atomic E-state index is 12.9. The molecule has 2 rings (SSSR count). The lowest BCUT2D eigenvalue weighted by Crippen LogP contribution is -2.52. The van der Waals surface area contributed by atoms with Gasteiger partial charge in [0.25, 0.3) is 5.91 Å². The van der Waals surface area contributed by atoms with Gasteiger partial charge in [-0.1, -0.05) is 18.5 Å². The van der Waals surface area contributed by atoms with Gasteiger partial charge in [-0.05, 0) is 19.1 Å². The van der Waals surface area contributed by atoms with Crippen molar-refractivity contribution in [1.82, 2.24) is 0 Å². The third-order valence-corrected chi connectivity index (χ3v) is 8.45. The fourth-order valence-corrected chi connectivity index (χ4v) is 5.35. The van der Waals surface area contributed by atoms with Crippen molar-refractivity contribution < 1.29 is 39.9 Å². The van der Waals surface area contributed by atoms with Crippen LogP contribution in [0.2, 0.25) is 5.02 Å². The van der Waals surface area contributed by atoms with E-state index in [2.05, 4.69) is 0 Å². The Bertz CT molecular complexity index is 1040. The van der Waals surface area contributed by atoms with Gasteiger partial charge in [-0.15, -0.1) is 0 Å². The van der Waals surface area contributed by atoms with E-state index in [1.165, 1.54) is 11.8 Å². The van der Waals surface area contributed by atoms with Crippen LogP contribution in [0.3, 0.4) is 0 Å². The highest BCUT2D eigenvalue weighted by Crippen LogP contribution is 2.40. The maximum Gasteiger partial charge on any atom is 0.426 e. The number of sulfone groups is 2. The van der Waals surface area contributed by atoms with Gasteiger partial charge in [0.15, 0.2) is 19.7 Å². The van der Waals surface area contributed by atoms with E-state index >= 15 is 0 Å². The summed E-state index contributed by atoms with van der Waals surface area (Å²) in [6.45, 7) is 1.46. The van der Waals surface area contributed by atoms with Crippen molar-refractivity contribution >= 4 is 48.6 Å². The Morgan fingerprint density at radius 3 is 2.27 bits per heavy atom. The number of halogens is 4. The highest BCUT2D eigenvalue weighted by molar-refractivity contribution is 7.91. The van der Waals surface area contributed by atoms with Gasteiger partial charge in [-0.3, -0.25) is 4.79 Å². The summed E-state index contributed by atoms with van der Waals surface area (Å²) in [7, 11) is -7.16. The molecule has 170 valence electrons. The number of alkyl halides is 3. The summed E-state index contributed by atoms with van der Waals surface area (Å²) < 4.78 is 87.1. The predicted molar refractivity (Wildman–Crippen MR) is 105 cm³/mol. The number of hydrogen-bond acceptors (Lipinski definition) is 7. The normalized spacial score (nSPS) is 19.2. The molecule has 14 heteroatoms. The molecule has 30 heavy (non-hydrogen) atoms. The highest BCUT2D eigenvalue weighted by atomic mass is 35.5. The number of aliphatic hydroxyl groups is 1. The summed E-state index contributed by atoms with van der Waals surface area (Å²) >= 11 is 6.26. The number of nitrogens with zero attached hydrogens (tertiary/aromatic N) is 1. The maximum atomic E-state index is 12.9. The van der Waals surface area contributed by atoms with Crippen LogP contribution in [0.4, 0.5) is 24.5 Å². The number of carbonyl (C=O) groups is 1. The average Bonchev–Trinajstić information content (AvgIpc) is 2.62. The molecule has 8 nitrogen and oxygen atoms in total. The number of benzene rings is 1. The molecule has 1 aromatic rings. The number of nitrogens with one attached hydrogen (secondary N) is 1. The molecule has 0 unspecified atom stereocenters. The van der Waals surface area contributed by atoms with Gasteiger partial charge in [-0.2, -0.15) is 13.2 Å². The van der Waals surface area contributed by atoms with Gasteiger partial charge >= 0.3 is 6.18 Å². The molecule has 1 saturated heterocycles. The number of anilines is 2. The van der Waals surface area contributed by atoms with E-state index in [0.29, 0.717) is 0 Å². The first kappa shape index (κ1) is 24.7. The van der Waals surface area contributed by atoms with E-state index in [1.807, 2.05) is 5.32 Å². The summed E-state index contributed by atoms with van der Waals surface area (Å²) in [6, 6.07) is 2.08. The van der Waals surface area contributed by atoms with E-state index in [9.17, 15) is 39.9 Å². The van der Waals surface area contributed by atoms with Crippen molar-refractivity contribution in [3.8, 4) is 0 Å². The Labute approximate surface area is 176 Å². The van der Waals surface area contributed by atoms with Crippen LogP contribution in [-0.4, -0.2) is 70.0 Å². The molecule has 0 spiro atoms. The highest BCUT2D eigenvalue weighted by Gasteiger charge is 2.56. The topological polar surface area (TPSA) is 121 Å². The molecule has 1 aromatic carbocycles. The number of rotatable bonds is 5. The largest absolute Gasteiger partial charge is 0.426 e. The minimum absolute atomic E-state index is 0.0913. The third kappa shape index (κ3) is 4.84. The van der Waals surface area contributed by atoms with E-state index in [0.717, 1.165) is 12.1 Å². The predicted octanol–water partition coefficient (Wildman–Crippen LogP) is 1.62. The molecule has 1 atom stereocenters. The van der Waals surface area contributed by atoms with Crippen LogP contribution in [0, 0.1) is 0 Å². The van der Waals surface area contributed by atoms with Crippen molar-refractivity contribution in [2.24, 2.45) is 0 Å². The van der Waals surface area contributed by atoms with Gasteiger partial charge in [0.05, 0.1) is 38.6 Å². The summed E-state index contributed by atoms with van der Waals surface area (Å²) in [5, 5.41) is 11.0. The molecule has 0 saturated carbocycles. The molecular weight excluding hydrogens is 473 g/mol.